The smallest absolute Gasteiger partial charge is 0.268 e. The van der Waals surface area contributed by atoms with Gasteiger partial charge in [-0.1, -0.05) is 44.5 Å². The van der Waals surface area contributed by atoms with Crippen molar-refractivity contribution in [2.75, 3.05) is 0 Å². The Balaban J connectivity index is 2.17. The molecule has 1 amide bonds. The summed E-state index contributed by atoms with van der Waals surface area (Å²) in [5, 5.41) is 3.73. The molecule has 1 N–H and O–H groups in total. The Bertz CT molecular complexity index is 1170. The topological polar surface area (TPSA) is 68.2 Å². The van der Waals surface area contributed by atoms with E-state index >= 15 is 0 Å². The average molecular weight is 433 g/mol. The Hall–Kier alpha value is -2.31. The highest BCUT2D eigenvalue weighted by atomic mass is 35.5. The molecular weight excluding hydrogens is 408 g/mol. The molecule has 0 aliphatic carbocycles. The number of aromatic nitrogens is 1. The predicted molar refractivity (Wildman–Crippen MR) is 117 cm³/mol. The van der Waals surface area contributed by atoms with Crippen molar-refractivity contribution in [3.8, 4) is 0 Å². The molecule has 0 aliphatic rings. The van der Waals surface area contributed by atoms with Crippen LogP contribution in [-0.2, 0) is 15.4 Å². The minimum absolute atomic E-state index is 0.0818. The number of nitrogens with one attached hydrogen (secondary N) is 1. The zero-order valence-corrected chi connectivity index (χ0v) is 18.7. The fourth-order valence-electron chi connectivity index (χ4n) is 3.13. The quantitative estimate of drug-likeness (QED) is 0.633. The van der Waals surface area contributed by atoms with Gasteiger partial charge in [-0.25, -0.2) is 12.4 Å². The van der Waals surface area contributed by atoms with E-state index in [0.29, 0.717) is 15.9 Å². The molecule has 5 nitrogen and oxygen atoms in total. The van der Waals surface area contributed by atoms with Gasteiger partial charge < -0.3 is 5.32 Å². The third-order valence-corrected chi connectivity index (χ3v) is 6.60. The second-order valence-electron chi connectivity index (χ2n) is 8.41. The molecule has 7 heteroatoms. The van der Waals surface area contributed by atoms with Gasteiger partial charge in [0.05, 0.1) is 16.0 Å². The van der Waals surface area contributed by atoms with E-state index in [1.54, 1.807) is 30.3 Å². The number of fused-ring (bicyclic) bond motifs is 1. The SMILES string of the molecule is CC(C)NC(=O)c1cn(S(=O)(=O)c2ccc(C(C)(C)C)cc2)c2ccc(Cl)cc12. The second-order valence-corrected chi connectivity index (χ2v) is 10.7. The zero-order chi connectivity index (χ0) is 21.6. The minimum atomic E-state index is -3.89. The summed E-state index contributed by atoms with van der Waals surface area (Å²) in [5.41, 5.74) is 1.63. The van der Waals surface area contributed by atoms with Gasteiger partial charge in [-0.3, -0.25) is 4.79 Å². The second kappa shape index (κ2) is 7.50. The number of nitrogens with zero attached hydrogens (tertiary/aromatic N) is 1. The van der Waals surface area contributed by atoms with E-state index in [0.717, 1.165) is 9.54 Å². The first-order valence-electron chi connectivity index (χ1n) is 9.39. The van der Waals surface area contributed by atoms with E-state index < -0.39 is 10.0 Å². The molecule has 3 aromatic rings. The molecule has 0 saturated heterocycles. The van der Waals surface area contributed by atoms with Crippen molar-refractivity contribution in [2.24, 2.45) is 0 Å². The van der Waals surface area contributed by atoms with Crippen LogP contribution in [0.1, 0.15) is 50.5 Å². The van der Waals surface area contributed by atoms with Crippen molar-refractivity contribution in [1.29, 1.82) is 0 Å². The van der Waals surface area contributed by atoms with Crippen LogP contribution >= 0.6 is 11.6 Å². The van der Waals surface area contributed by atoms with Crippen LogP contribution in [0.15, 0.2) is 53.6 Å². The van der Waals surface area contributed by atoms with Crippen LogP contribution in [0.25, 0.3) is 10.9 Å². The third-order valence-electron chi connectivity index (χ3n) is 4.67. The molecule has 1 aromatic heterocycles. The van der Waals surface area contributed by atoms with Gasteiger partial charge >= 0.3 is 0 Å². The Morgan fingerprint density at radius 2 is 1.69 bits per heavy atom. The Morgan fingerprint density at radius 3 is 2.24 bits per heavy atom. The lowest BCUT2D eigenvalue weighted by atomic mass is 9.87. The largest absolute Gasteiger partial charge is 0.350 e. The number of benzene rings is 2. The molecule has 154 valence electrons. The van der Waals surface area contributed by atoms with E-state index in [4.69, 9.17) is 11.6 Å². The van der Waals surface area contributed by atoms with E-state index in [-0.39, 0.29) is 27.8 Å². The Kier molecular flexibility index (Phi) is 5.54. The molecule has 1 heterocycles. The number of carbonyl (C=O) groups is 1. The van der Waals surface area contributed by atoms with Crippen molar-refractivity contribution in [1.82, 2.24) is 9.29 Å². The molecule has 0 aliphatic heterocycles. The lowest BCUT2D eigenvalue weighted by Gasteiger charge is -2.19. The Labute approximate surface area is 176 Å². The fraction of sp³-hybridized carbons (Fsp3) is 0.318. The Morgan fingerprint density at radius 1 is 1.07 bits per heavy atom. The lowest BCUT2D eigenvalue weighted by molar-refractivity contribution is 0.0945. The average Bonchev–Trinajstić information content (AvgIpc) is 3.00. The van der Waals surface area contributed by atoms with E-state index in [1.807, 2.05) is 26.0 Å². The summed E-state index contributed by atoms with van der Waals surface area (Å²) >= 11 is 6.11. The molecule has 0 spiro atoms. The monoisotopic (exact) mass is 432 g/mol. The van der Waals surface area contributed by atoms with Gasteiger partial charge in [0.15, 0.2) is 0 Å². The van der Waals surface area contributed by atoms with E-state index in [1.165, 1.54) is 6.20 Å². The van der Waals surface area contributed by atoms with E-state index in [2.05, 4.69) is 26.1 Å². The molecule has 0 bridgehead atoms. The van der Waals surface area contributed by atoms with Gasteiger partial charge in [0, 0.05) is 22.6 Å². The molecular formula is C22H25ClN2O3S. The van der Waals surface area contributed by atoms with Gasteiger partial charge in [0.2, 0.25) is 0 Å². The molecule has 3 rings (SSSR count). The first kappa shape index (κ1) is 21.4. The van der Waals surface area contributed by atoms with Crippen LogP contribution < -0.4 is 5.32 Å². The summed E-state index contributed by atoms with van der Waals surface area (Å²) in [7, 11) is -3.89. The summed E-state index contributed by atoms with van der Waals surface area (Å²) in [6.45, 7) is 9.90. The first-order valence-corrected chi connectivity index (χ1v) is 11.2. The maximum Gasteiger partial charge on any atom is 0.268 e. The number of carbonyl (C=O) groups excluding carboxylic acids is 1. The van der Waals surface area contributed by atoms with Crippen molar-refractivity contribution >= 4 is 38.4 Å². The molecule has 2 aromatic carbocycles. The van der Waals surface area contributed by atoms with Crippen LogP contribution in [0.3, 0.4) is 0 Å². The van der Waals surface area contributed by atoms with Crippen LogP contribution in [-0.4, -0.2) is 24.3 Å². The molecule has 0 unspecified atom stereocenters. The zero-order valence-electron chi connectivity index (χ0n) is 17.2. The number of amides is 1. The fourth-order valence-corrected chi connectivity index (χ4v) is 4.67. The van der Waals surface area contributed by atoms with Gasteiger partial charge in [0.25, 0.3) is 15.9 Å². The predicted octanol–water partition coefficient (Wildman–Crippen LogP) is 4.97. The van der Waals surface area contributed by atoms with Crippen LogP contribution in [0.5, 0.6) is 0 Å². The van der Waals surface area contributed by atoms with Gasteiger partial charge in [-0.15, -0.1) is 0 Å². The third kappa shape index (κ3) is 4.19. The molecule has 0 fully saturated rings. The maximum atomic E-state index is 13.4. The highest BCUT2D eigenvalue weighted by Gasteiger charge is 2.25. The normalized spacial score (nSPS) is 12.5. The van der Waals surface area contributed by atoms with Crippen molar-refractivity contribution in [2.45, 2.75) is 51.0 Å². The van der Waals surface area contributed by atoms with Gasteiger partial charge in [-0.05, 0) is 55.2 Å². The van der Waals surface area contributed by atoms with Crippen molar-refractivity contribution < 1.29 is 13.2 Å². The summed E-state index contributed by atoms with van der Waals surface area (Å²) in [5.74, 6) is -0.343. The number of hydrogen-bond acceptors (Lipinski definition) is 3. The van der Waals surface area contributed by atoms with Crippen LogP contribution in [0.2, 0.25) is 5.02 Å². The molecule has 29 heavy (non-hydrogen) atoms. The molecule has 0 saturated carbocycles. The van der Waals surface area contributed by atoms with Crippen molar-refractivity contribution in [3.05, 3.63) is 64.8 Å². The highest BCUT2D eigenvalue weighted by molar-refractivity contribution is 7.90. The van der Waals surface area contributed by atoms with Crippen molar-refractivity contribution in [3.63, 3.8) is 0 Å². The standard InChI is InChI=1S/C22H25ClN2O3S/c1-14(2)24-21(26)19-13-25(20-11-8-16(23)12-18(19)20)29(27,28)17-9-6-15(7-10-17)22(3,4)5/h6-14H,1-5H3,(H,24,26). The number of rotatable bonds is 4. The van der Waals surface area contributed by atoms with Gasteiger partial charge in [0.1, 0.15) is 0 Å². The summed E-state index contributed by atoms with van der Waals surface area (Å²) in [6, 6.07) is 11.6. The summed E-state index contributed by atoms with van der Waals surface area (Å²) in [4.78, 5) is 12.8. The van der Waals surface area contributed by atoms with Crippen LogP contribution in [0, 0.1) is 0 Å². The summed E-state index contributed by atoms with van der Waals surface area (Å²) < 4.78 is 27.9. The van der Waals surface area contributed by atoms with Crippen LogP contribution in [0.4, 0.5) is 0 Å². The van der Waals surface area contributed by atoms with Gasteiger partial charge in [-0.2, -0.15) is 0 Å². The minimum Gasteiger partial charge on any atom is -0.350 e. The summed E-state index contributed by atoms with van der Waals surface area (Å²) in [6.07, 6.45) is 1.37. The molecule has 0 atom stereocenters. The first-order chi connectivity index (χ1) is 13.4. The molecule has 0 radical (unpaired) electrons. The number of hydrogen-bond donors (Lipinski definition) is 1. The van der Waals surface area contributed by atoms with E-state index in [9.17, 15) is 13.2 Å². The maximum absolute atomic E-state index is 13.4. The number of halogens is 1. The lowest BCUT2D eigenvalue weighted by Crippen LogP contribution is -2.30. The highest BCUT2D eigenvalue weighted by Crippen LogP contribution is 2.30.